The summed E-state index contributed by atoms with van der Waals surface area (Å²) in [5, 5.41) is 9.65. The number of aliphatic hydroxyl groups excluding tert-OH is 1. The van der Waals surface area contributed by atoms with E-state index in [4.69, 9.17) is 9.47 Å². The molecule has 1 aliphatic heterocycles. The molecule has 2 rings (SSSR count). The zero-order valence-electron chi connectivity index (χ0n) is 10.2. The van der Waals surface area contributed by atoms with Gasteiger partial charge in [-0.2, -0.15) is 0 Å². The molecular weight excluding hydrogens is 303 g/mol. The Hall–Kier alpha value is -0.650. The molecule has 1 heterocycles. The number of hydrogen-bond acceptors (Lipinski definition) is 3. The number of ether oxygens (including phenoxy) is 2. The molecule has 1 fully saturated rings. The first kappa shape index (κ1) is 13.8. The van der Waals surface area contributed by atoms with Crippen LogP contribution in [0.25, 0.3) is 0 Å². The fraction of sp³-hybridized carbons (Fsp3) is 0.538. The average Bonchev–Trinajstić information content (AvgIpc) is 2.28. The maximum absolute atomic E-state index is 13.8. The van der Waals surface area contributed by atoms with Gasteiger partial charge in [0.25, 0.3) is 0 Å². The predicted molar refractivity (Wildman–Crippen MR) is 69.2 cm³/mol. The summed E-state index contributed by atoms with van der Waals surface area (Å²) < 4.78 is 25.5. The number of benzene rings is 1. The van der Waals surface area contributed by atoms with Crippen LogP contribution in [0, 0.1) is 5.82 Å². The van der Waals surface area contributed by atoms with E-state index in [0.717, 1.165) is 12.8 Å². The molecule has 0 aliphatic carbocycles. The Kier molecular flexibility index (Phi) is 4.59. The summed E-state index contributed by atoms with van der Waals surface area (Å²) in [5.74, 6) is -0.0507. The maximum atomic E-state index is 13.8. The molecule has 0 aromatic heterocycles. The van der Waals surface area contributed by atoms with E-state index in [2.05, 4.69) is 15.9 Å². The minimum atomic E-state index is -0.895. The Balaban J connectivity index is 2.24. The third-order valence-corrected chi connectivity index (χ3v) is 3.39. The van der Waals surface area contributed by atoms with Crippen LogP contribution < -0.4 is 4.74 Å². The smallest absolute Gasteiger partial charge is 0.133 e. The Morgan fingerprint density at radius 1 is 1.44 bits per heavy atom. The molecule has 0 amide bonds. The van der Waals surface area contributed by atoms with Gasteiger partial charge in [-0.1, -0.05) is 15.9 Å². The number of rotatable bonds is 3. The topological polar surface area (TPSA) is 38.7 Å². The zero-order chi connectivity index (χ0) is 13.1. The molecular formula is C13H16BrFO3. The molecule has 1 aliphatic rings. The Morgan fingerprint density at radius 2 is 2.11 bits per heavy atom. The summed E-state index contributed by atoms with van der Waals surface area (Å²) >= 11 is 3.23. The van der Waals surface area contributed by atoms with Gasteiger partial charge < -0.3 is 14.6 Å². The van der Waals surface area contributed by atoms with Crippen LogP contribution in [-0.4, -0.2) is 24.4 Å². The Morgan fingerprint density at radius 3 is 2.72 bits per heavy atom. The van der Waals surface area contributed by atoms with Gasteiger partial charge in [0.1, 0.15) is 17.7 Å². The SMILES string of the molecule is C[C@@H](O)c1c(F)cc(Br)cc1OC1CCOCC1. The lowest BCUT2D eigenvalue weighted by Crippen LogP contribution is -2.26. The van der Waals surface area contributed by atoms with Crippen LogP contribution in [-0.2, 0) is 4.74 Å². The van der Waals surface area contributed by atoms with Gasteiger partial charge in [-0.3, -0.25) is 0 Å². The van der Waals surface area contributed by atoms with Gasteiger partial charge in [0.05, 0.1) is 24.9 Å². The third kappa shape index (κ3) is 3.22. The van der Waals surface area contributed by atoms with E-state index in [9.17, 15) is 9.50 Å². The molecule has 18 heavy (non-hydrogen) atoms. The van der Waals surface area contributed by atoms with Crippen LogP contribution in [0.4, 0.5) is 4.39 Å². The minimum Gasteiger partial charge on any atom is -0.490 e. The quantitative estimate of drug-likeness (QED) is 0.930. The first-order valence-electron chi connectivity index (χ1n) is 5.99. The maximum Gasteiger partial charge on any atom is 0.133 e. The van der Waals surface area contributed by atoms with Crippen LogP contribution in [0.1, 0.15) is 31.4 Å². The second-order valence-corrected chi connectivity index (χ2v) is 5.32. The lowest BCUT2D eigenvalue weighted by Gasteiger charge is -2.25. The largest absolute Gasteiger partial charge is 0.490 e. The molecule has 100 valence electrons. The monoisotopic (exact) mass is 318 g/mol. The molecule has 1 atom stereocenters. The van der Waals surface area contributed by atoms with Crippen molar-refractivity contribution in [3.63, 3.8) is 0 Å². The van der Waals surface area contributed by atoms with Crippen LogP contribution in [0.3, 0.4) is 0 Å². The highest BCUT2D eigenvalue weighted by molar-refractivity contribution is 9.10. The van der Waals surface area contributed by atoms with Crippen molar-refractivity contribution in [3.05, 3.63) is 28.0 Å². The van der Waals surface area contributed by atoms with Gasteiger partial charge in [0.2, 0.25) is 0 Å². The Bertz CT molecular complexity index is 417. The zero-order valence-corrected chi connectivity index (χ0v) is 11.7. The Labute approximate surface area is 114 Å². The molecule has 1 saturated heterocycles. The third-order valence-electron chi connectivity index (χ3n) is 2.94. The summed E-state index contributed by atoms with van der Waals surface area (Å²) in [7, 11) is 0. The van der Waals surface area contributed by atoms with Crippen molar-refractivity contribution in [3.8, 4) is 5.75 Å². The number of halogens is 2. The van der Waals surface area contributed by atoms with Crippen molar-refractivity contribution < 1.29 is 19.0 Å². The van der Waals surface area contributed by atoms with Gasteiger partial charge in [0, 0.05) is 17.3 Å². The van der Waals surface area contributed by atoms with Crippen molar-refractivity contribution in [1.82, 2.24) is 0 Å². The van der Waals surface area contributed by atoms with E-state index in [1.807, 2.05) is 0 Å². The van der Waals surface area contributed by atoms with E-state index >= 15 is 0 Å². The molecule has 0 spiro atoms. The molecule has 1 aromatic rings. The lowest BCUT2D eigenvalue weighted by molar-refractivity contribution is 0.0240. The van der Waals surface area contributed by atoms with E-state index in [-0.39, 0.29) is 11.7 Å². The van der Waals surface area contributed by atoms with E-state index in [1.165, 1.54) is 13.0 Å². The van der Waals surface area contributed by atoms with Gasteiger partial charge in [-0.15, -0.1) is 0 Å². The fourth-order valence-electron chi connectivity index (χ4n) is 2.04. The molecule has 0 radical (unpaired) electrons. The highest BCUT2D eigenvalue weighted by atomic mass is 79.9. The van der Waals surface area contributed by atoms with Crippen molar-refractivity contribution in [2.45, 2.75) is 32.0 Å². The standard InChI is InChI=1S/C13H16BrFO3/c1-8(16)13-11(15)6-9(14)7-12(13)18-10-2-4-17-5-3-10/h6-8,10,16H,2-5H2,1H3/t8-/m1/s1. The van der Waals surface area contributed by atoms with E-state index in [0.29, 0.717) is 23.4 Å². The summed E-state index contributed by atoms with van der Waals surface area (Å²) in [6.45, 7) is 2.85. The van der Waals surface area contributed by atoms with Crippen molar-refractivity contribution in [1.29, 1.82) is 0 Å². The first-order valence-corrected chi connectivity index (χ1v) is 6.78. The number of hydrogen-bond donors (Lipinski definition) is 1. The summed E-state index contributed by atoms with van der Waals surface area (Å²) in [4.78, 5) is 0. The normalized spacial score (nSPS) is 18.7. The number of aliphatic hydroxyl groups is 1. The highest BCUT2D eigenvalue weighted by Gasteiger charge is 2.21. The van der Waals surface area contributed by atoms with Gasteiger partial charge in [0.15, 0.2) is 0 Å². The molecule has 0 saturated carbocycles. The molecule has 3 nitrogen and oxygen atoms in total. The molecule has 1 N–H and O–H groups in total. The lowest BCUT2D eigenvalue weighted by atomic mass is 10.1. The van der Waals surface area contributed by atoms with Gasteiger partial charge in [-0.05, 0) is 19.1 Å². The van der Waals surface area contributed by atoms with Crippen LogP contribution >= 0.6 is 15.9 Å². The minimum absolute atomic E-state index is 0.0185. The molecule has 1 aromatic carbocycles. The van der Waals surface area contributed by atoms with E-state index < -0.39 is 11.9 Å². The van der Waals surface area contributed by atoms with Gasteiger partial charge >= 0.3 is 0 Å². The highest BCUT2D eigenvalue weighted by Crippen LogP contribution is 2.33. The molecule has 0 unspecified atom stereocenters. The second-order valence-electron chi connectivity index (χ2n) is 4.40. The van der Waals surface area contributed by atoms with Crippen LogP contribution in [0.2, 0.25) is 0 Å². The summed E-state index contributed by atoms with van der Waals surface area (Å²) in [5.41, 5.74) is 0.213. The second kappa shape index (κ2) is 5.99. The van der Waals surface area contributed by atoms with Crippen LogP contribution in [0.5, 0.6) is 5.75 Å². The molecule has 0 bridgehead atoms. The van der Waals surface area contributed by atoms with Crippen molar-refractivity contribution >= 4 is 15.9 Å². The van der Waals surface area contributed by atoms with Crippen molar-refractivity contribution in [2.24, 2.45) is 0 Å². The first-order chi connectivity index (χ1) is 8.58. The average molecular weight is 319 g/mol. The van der Waals surface area contributed by atoms with Crippen LogP contribution in [0.15, 0.2) is 16.6 Å². The van der Waals surface area contributed by atoms with Crippen molar-refractivity contribution in [2.75, 3.05) is 13.2 Å². The van der Waals surface area contributed by atoms with Gasteiger partial charge in [-0.25, -0.2) is 4.39 Å². The predicted octanol–water partition coefficient (Wildman–Crippen LogP) is 3.20. The fourth-order valence-corrected chi connectivity index (χ4v) is 2.45. The summed E-state index contributed by atoms with van der Waals surface area (Å²) in [6.07, 6.45) is 0.693. The molecule has 5 heteroatoms. The van der Waals surface area contributed by atoms with E-state index in [1.54, 1.807) is 6.07 Å². The summed E-state index contributed by atoms with van der Waals surface area (Å²) in [6, 6.07) is 3.03.